The maximum atomic E-state index is 11.6. The minimum atomic E-state index is -3.21. The zero-order valence-electron chi connectivity index (χ0n) is 12.6. The van der Waals surface area contributed by atoms with Crippen LogP contribution < -0.4 is 0 Å². The lowest BCUT2D eigenvalue weighted by atomic mass is 10.2. The lowest BCUT2D eigenvalue weighted by Crippen LogP contribution is -2.00. The molecule has 0 bridgehead atoms. The minimum Gasteiger partial charge on any atom is -0.224 e. The zero-order valence-corrected chi connectivity index (χ0v) is 15.0. The largest absolute Gasteiger partial charge is 0.224 e. The maximum absolute atomic E-state index is 11.6. The Morgan fingerprint density at radius 1 is 1.00 bits per heavy atom. The molecule has 0 aliphatic heterocycles. The summed E-state index contributed by atoms with van der Waals surface area (Å²) in [6.45, 7) is 1.82. The molecule has 118 valence electrons. The molecule has 1 aromatic heterocycles. The fourth-order valence-corrected chi connectivity index (χ4v) is 3.11. The average molecular weight is 392 g/mol. The molecule has 7 heteroatoms. The van der Waals surface area contributed by atoms with Gasteiger partial charge in [0.1, 0.15) is 5.82 Å². The third-order valence-electron chi connectivity index (χ3n) is 3.32. The topological polar surface area (TPSA) is 64.8 Å². The van der Waals surface area contributed by atoms with Gasteiger partial charge in [0, 0.05) is 16.3 Å². The van der Waals surface area contributed by atoms with Gasteiger partial charge in [-0.05, 0) is 55.5 Å². The molecule has 0 atom stereocenters. The van der Waals surface area contributed by atoms with Gasteiger partial charge in [0.2, 0.25) is 0 Å². The molecule has 5 nitrogen and oxygen atoms in total. The molecular formula is C16H14BrN3O2S. The van der Waals surface area contributed by atoms with Crippen molar-refractivity contribution in [2.75, 3.05) is 6.26 Å². The van der Waals surface area contributed by atoms with Crippen molar-refractivity contribution in [2.45, 2.75) is 11.8 Å². The summed E-state index contributed by atoms with van der Waals surface area (Å²) >= 11 is 3.41. The van der Waals surface area contributed by atoms with Crippen LogP contribution in [0.1, 0.15) is 5.82 Å². The molecule has 0 saturated carbocycles. The molecule has 0 saturated heterocycles. The van der Waals surface area contributed by atoms with Crippen LogP contribution in [0.2, 0.25) is 0 Å². The summed E-state index contributed by atoms with van der Waals surface area (Å²) in [5.74, 6) is 1.32. The highest BCUT2D eigenvalue weighted by Gasteiger charge is 2.13. The first-order chi connectivity index (χ1) is 10.8. The van der Waals surface area contributed by atoms with Gasteiger partial charge in [-0.2, -0.15) is 5.10 Å². The summed E-state index contributed by atoms with van der Waals surface area (Å²) in [5.41, 5.74) is 1.69. The molecule has 3 aromatic rings. The van der Waals surface area contributed by atoms with Gasteiger partial charge in [0.05, 0.1) is 10.6 Å². The number of aromatic nitrogens is 3. The highest BCUT2D eigenvalue weighted by Crippen LogP contribution is 2.23. The van der Waals surface area contributed by atoms with Crippen molar-refractivity contribution >= 4 is 25.8 Å². The number of sulfone groups is 1. The van der Waals surface area contributed by atoms with Gasteiger partial charge in [-0.3, -0.25) is 0 Å². The number of halogens is 1. The van der Waals surface area contributed by atoms with Crippen molar-refractivity contribution in [1.29, 1.82) is 0 Å². The molecule has 0 amide bonds. The van der Waals surface area contributed by atoms with Gasteiger partial charge < -0.3 is 0 Å². The molecule has 0 spiro atoms. The van der Waals surface area contributed by atoms with Crippen LogP contribution in [-0.2, 0) is 9.84 Å². The lowest BCUT2D eigenvalue weighted by Gasteiger charge is -2.07. The van der Waals surface area contributed by atoms with Crippen molar-refractivity contribution in [3.05, 3.63) is 58.8 Å². The Labute approximate surface area is 143 Å². The van der Waals surface area contributed by atoms with Crippen LogP contribution in [0.15, 0.2) is 57.9 Å². The molecular weight excluding hydrogens is 378 g/mol. The minimum absolute atomic E-state index is 0.285. The fraction of sp³-hybridized carbons (Fsp3) is 0.125. The third kappa shape index (κ3) is 3.35. The van der Waals surface area contributed by atoms with E-state index in [1.807, 2.05) is 31.2 Å². The van der Waals surface area contributed by atoms with E-state index in [-0.39, 0.29) is 4.90 Å². The van der Waals surface area contributed by atoms with Crippen LogP contribution in [0.25, 0.3) is 17.1 Å². The van der Waals surface area contributed by atoms with Crippen LogP contribution in [0, 0.1) is 6.92 Å². The summed E-state index contributed by atoms with van der Waals surface area (Å²) in [7, 11) is -3.21. The summed E-state index contributed by atoms with van der Waals surface area (Å²) in [4.78, 5) is 4.75. The van der Waals surface area contributed by atoms with E-state index in [1.54, 1.807) is 28.9 Å². The predicted octanol–water partition coefficient (Wildman–Crippen LogP) is 3.41. The first-order valence-corrected chi connectivity index (χ1v) is 9.53. The highest BCUT2D eigenvalue weighted by molar-refractivity contribution is 9.10. The first kappa shape index (κ1) is 15.9. The van der Waals surface area contributed by atoms with Crippen molar-refractivity contribution in [3.8, 4) is 17.1 Å². The fourth-order valence-electron chi connectivity index (χ4n) is 2.22. The maximum Gasteiger partial charge on any atom is 0.175 e. The SMILES string of the molecule is Cc1nc(-c2ccc(S(C)(=O)=O)cc2)n(-c2ccc(Br)cc2)n1. The molecule has 3 rings (SSSR count). The van der Waals surface area contributed by atoms with Gasteiger partial charge in [-0.15, -0.1) is 0 Å². The van der Waals surface area contributed by atoms with Crippen LogP contribution in [0.5, 0.6) is 0 Å². The molecule has 0 aliphatic rings. The van der Waals surface area contributed by atoms with Crippen molar-refractivity contribution in [2.24, 2.45) is 0 Å². The van der Waals surface area contributed by atoms with E-state index in [0.29, 0.717) is 11.6 Å². The van der Waals surface area contributed by atoms with Gasteiger partial charge in [-0.1, -0.05) is 15.9 Å². The van der Waals surface area contributed by atoms with Gasteiger partial charge in [0.25, 0.3) is 0 Å². The predicted molar refractivity (Wildman–Crippen MR) is 92.3 cm³/mol. The monoisotopic (exact) mass is 391 g/mol. The van der Waals surface area contributed by atoms with Crippen molar-refractivity contribution < 1.29 is 8.42 Å². The number of hydrogen-bond acceptors (Lipinski definition) is 4. The van der Waals surface area contributed by atoms with E-state index in [2.05, 4.69) is 26.0 Å². The normalized spacial score (nSPS) is 11.6. The third-order valence-corrected chi connectivity index (χ3v) is 4.98. The van der Waals surface area contributed by atoms with Gasteiger partial charge >= 0.3 is 0 Å². The van der Waals surface area contributed by atoms with E-state index in [4.69, 9.17) is 0 Å². The highest BCUT2D eigenvalue weighted by atomic mass is 79.9. The Morgan fingerprint density at radius 2 is 1.61 bits per heavy atom. The second-order valence-corrected chi connectivity index (χ2v) is 8.10. The van der Waals surface area contributed by atoms with Crippen LogP contribution >= 0.6 is 15.9 Å². The van der Waals surface area contributed by atoms with Gasteiger partial charge in [0.15, 0.2) is 15.7 Å². The Hall–Kier alpha value is -1.99. The Kier molecular flexibility index (Phi) is 4.08. The van der Waals surface area contributed by atoms with E-state index in [0.717, 1.165) is 15.7 Å². The Morgan fingerprint density at radius 3 is 2.17 bits per heavy atom. The van der Waals surface area contributed by atoms with E-state index in [1.165, 1.54) is 6.26 Å². The smallest absolute Gasteiger partial charge is 0.175 e. The molecule has 0 aliphatic carbocycles. The summed E-state index contributed by atoms with van der Waals surface area (Å²) in [5, 5.41) is 4.43. The second kappa shape index (κ2) is 5.90. The van der Waals surface area contributed by atoms with Crippen LogP contribution in [-0.4, -0.2) is 29.4 Å². The number of rotatable bonds is 3. The first-order valence-electron chi connectivity index (χ1n) is 6.85. The molecule has 0 unspecified atom stereocenters. The van der Waals surface area contributed by atoms with Crippen LogP contribution in [0.3, 0.4) is 0 Å². The molecule has 0 fully saturated rings. The molecule has 0 N–H and O–H groups in total. The summed E-state index contributed by atoms with van der Waals surface area (Å²) in [6, 6.07) is 14.4. The molecule has 0 radical (unpaired) electrons. The average Bonchev–Trinajstić information content (AvgIpc) is 2.89. The number of benzene rings is 2. The Bertz CT molecular complexity index is 946. The summed E-state index contributed by atoms with van der Waals surface area (Å²) in [6.07, 6.45) is 1.19. The van der Waals surface area contributed by atoms with Crippen LogP contribution in [0.4, 0.5) is 0 Å². The lowest BCUT2D eigenvalue weighted by molar-refractivity contribution is 0.602. The second-order valence-electron chi connectivity index (χ2n) is 5.17. The van der Waals surface area contributed by atoms with E-state index >= 15 is 0 Å². The van der Waals surface area contributed by atoms with Gasteiger partial charge in [-0.25, -0.2) is 18.1 Å². The molecule has 1 heterocycles. The van der Waals surface area contributed by atoms with E-state index < -0.39 is 9.84 Å². The number of hydrogen-bond donors (Lipinski definition) is 0. The zero-order chi connectivity index (χ0) is 16.6. The van der Waals surface area contributed by atoms with E-state index in [9.17, 15) is 8.42 Å². The summed E-state index contributed by atoms with van der Waals surface area (Å²) < 4.78 is 25.9. The number of nitrogens with zero attached hydrogens (tertiary/aromatic N) is 3. The van der Waals surface area contributed by atoms with Crippen molar-refractivity contribution in [1.82, 2.24) is 14.8 Å². The molecule has 2 aromatic carbocycles. The number of aryl methyl sites for hydroxylation is 1. The van der Waals surface area contributed by atoms with Crippen molar-refractivity contribution in [3.63, 3.8) is 0 Å². The standard InChI is InChI=1S/C16H14BrN3O2S/c1-11-18-16(12-3-9-15(10-4-12)23(2,21)22)20(19-11)14-7-5-13(17)6-8-14/h3-10H,1-2H3. The molecule has 23 heavy (non-hydrogen) atoms. The quantitative estimate of drug-likeness (QED) is 0.685. The Balaban J connectivity index is 2.09.